The number of hydrogen-bond acceptors (Lipinski definition) is 2. The summed E-state index contributed by atoms with van der Waals surface area (Å²) in [6.07, 6.45) is 1.95. The highest BCUT2D eigenvalue weighted by molar-refractivity contribution is 6.51. The van der Waals surface area contributed by atoms with Gasteiger partial charge in [0.15, 0.2) is 0 Å². The molecule has 0 amide bonds. The van der Waals surface area contributed by atoms with Crippen LogP contribution < -0.4 is 0 Å². The van der Waals surface area contributed by atoms with Crippen LogP contribution in [0.1, 0.15) is 27.7 Å². The van der Waals surface area contributed by atoms with Gasteiger partial charge in [0.2, 0.25) is 9.04 Å². The summed E-state index contributed by atoms with van der Waals surface area (Å²) in [7, 11) is -1.24. The molecule has 0 unspecified atom stereocenters. The highest BCUT2D eigenvalue weighted by Crippen LogP contribution is 2.17. The highest BCUT2D eigenvalue weighted by Gasteiger charge is 2.12. The lowest BCUT2D eigenvalue weighted by atomic mass is 9.94. The Bertz CT molecular complexity index is 211. The molecule has 2 nitrogen and oxygen atoms in total. The van der Waals surface area contributed by atoms with Crippen LogP contribution in [0.15, 0.2) is 11.6 Å². The van der Waals surface area contributed by atoms with Crippen molar-refractivity contribution in [1.82, 2.24) is 0 Å². The molecule has 0 heterocycles. The van der Waals surface area contributed by atoms with Crippen molar-refractivity contribution in [3.8, 4) is 0 Å². The Morgan fingerprint density at radius 1 is 1.31 bits per heavy atom. The first-order valence-electron chi connectivity index (χ1n) is 4.63. The van der Waals surface area contributed by atoms with E-state index in [1.54, 1.807) is 0 Å². The first-order valence-corrected chi connectivity index (χ1v) is 7.41. The van der Waals surface area contributed by atoms with Crippen molar-refractivity contribution in [3.05, 3.63) is 11.6 Å². The van der Waals surface area contributed by atoms with Crippen LogP contribution in [0.4, 0.5) is 0 Å². The molecule has 0 aromatic carbocycles. The third kappa shape index (κ3) is 6.58. The zero-order valence-electron chi connectivity index (χ0n) is 9.47. The van der Waals surface area contributed by atoms with E-state index in [9.17, 15) is 4.79 Å². The fourth-order valence-corrected chi connectivity index (χ4v) is 1.63. The van der Waals surface area contributed by atoms with Gasteiger partial charge in [0.05, 0.1) is 0 Å². The summed E-state index contributed by atoms with van der Waals surface area (Å²) in [5.74, 6) is -0.156. The van der Waals surface area contributed by atoms with Gasteiger partial charge in [-0.3, -0.25) is 0 Å². The standard InChI is InChI=1S/C10H20O2Si/c1-8(7-10(2,3)4)9(11)12-13(5)6/h7,13H,1-6H3. The number of carbonyl (C=O) groups excluding carboxylic acids is 1. The molecule has 0 radical (unpaired) electrons. The summed E-state index contributed by atoms with van der Waals surface area (Å²) in [4.78, 5) is 11.4. The third-order valence-corrected chi connectivity index (χ3v) is 2.00. The molecular weight excluding hydrogens is 180 g/mol. The first kappa shape index (κ1) is 12.4. The van der Waals surface area contributed by atoms with Crippen LogP contribution in [0.3, 0.4) is 0 Å². The van der Waals surface area contributed by atoms with E-state index in [0.717, 1.165) is 0 Å². The predicted octanol–water partition coefficient (Wildman–Crippen LogP) is 2.51. The monoisotopic (exact) mass is 200 g/mol. The van der Waals surface area contributed by atoms with Crippen molar-refractivity contribution in [2.75, 3.05) is 0 Å². The van der Waals surface area contributed by atoms with E-state index in [2.05, 4.69) is 20.8 Å². The second-order valence-electron chi connectivity index (χ2n) is 4.65. The third-order valence-electron chi connectivity index (χ3n) is 1.31. The Hall–Kier alpha value is -0.573. The summed E-state index contributed by atoms with van der Waals surface area (Å²) < 4.78 is 5.19. The summed E-state index contributed by atoms with van der Waals surface area (Å²) in [6.45, 7) is 12.0. The van der Waals surface area contributed by atoms with Crippen LogP contribution in [-0.2, 0) is 9.22 Å². The lowest BCUT2D eigenvalue weighted by Crippen LogP contribution is -2.17. The van der Waals surface area contributed by atoms with Crippen LogP contribution in [0, 0.1) is 5.41 Å². The van der Waals surface area contributed by atoms with E-state index in [1.807, 2.05) is 26.1 Å². The molecule has 0 rings (SSSR count). The van der Waals surface area contributed by atoms with Crippen molar-refractivity contribution in [2.24, 2.45) is 5.41 Å². The molecule has 13 heavy (non-hydrogen) atoms. The predicted molar refractivity (Wildman–Crippen MR) is 58.2 cm³/mol. The fraction of sp³-hybridized carbons (Fsp3) is 0.700. The topological polar surface area (TPSA) is 26.3 Å². The number of rotatable bonds is 2. The molecule has 0 N–H and O–H groups in total. The van der Waals surface area contributed by atoms with Crippen molar-refractivity contribution in [3.63, 3.8) is 0 Å². The number of allylic oxidation sites excluding steroid dienone is 1. The number of hydrogen-bond donors (Lipinski definition) is 0. The van der Waals surface area contributed by atoms with Gasteiger partial charge in [-0.15, -0.1) is 0 Å². The van der Waals surface area contributed by atoms with Gasteiger partial charge in [-0.1, -0.05) is 26.8 Å². The Morgan fingerprint density at radius 2 is 1.77 bits per heavy atom. The van der Waals surface area contributed by atoms with Crippen molar-refractivity contribution >= 4 is 15.0 Å². The SMILES string of the molecule is CC(=CC(C)(C)C)C(=O)O[SiH](C)C. The molecule has 0 bridgehead atoms. The van der Waals surface area contributed by atoms with E-state index >= 15 is 0 Å². The molecule has 0 spiro atoms. The van der Waals surface area contributed by atoms with Gasteiger partial charge in [0.25, 0.3) is 0 Å². The lowest BCUT2D eigenvalue weighted by Gasteiger charge is -2.14. The molecule has 76 valence electrons. The van der Waals surface area contributed by atoms with Gasteiger partial charge in [-0.25, -0.2) is 4.79 Å². The average Bonchev–Trinajstić information content (AvgIpc) is 1.81. The maximum atomic E-state index is 11.4. The quantitative estimate of drug-likeness (QED) is 0.506. The summed E-state index contributed by atoms with van der Waals surface area (Å²) in [5.41, 5.74) is 0.760. The molecule has 0 aromatic heterocycles. The first-order chi connectivity index (χ1) is 5.72. The van der Waals surface area contributed by atoms with Crippen LogP contribution >= 0.6 is 0 Å². The normalized spacial score (nSPS) is 13.3. The Morgan fingerprint density at radius 3 is 2.08 bits per heavy atom. The van der Waals surface area contributed by atoms with Crippen LogP contribution in [0.5, 0.6) is 0 Å². The van der Waals surface area contributed by atoms with Crippen molar-refractivity contribution < 1.29 is 9.22 Å². The molecule has 0 aliphatic heterocycles. The molecule has 0 atom stereocenters. The van der Waals surface area contributed by atoms with Gasteiger partial charge >= 0.3 is 5.97 Å². The molecule has 0 fully saturated rings. The van der Waals surface area contributed by atoms with Crippen LogP contribution in [-0.4, -0.2) is 15.0 Å². The lowest BCUT2D eigenvalue weighted by molar-refractivity contribution is -0.130. The molecule has 3 heteroatoms. The Balaban J connectivity index is 4.34. The zero-order chi connectivity index (χ0) is 10.6. The van der Waals surface area contributed by atoms with E-state index < -0.39 is 9.04 Å². The minimum Gasteiger partial charge on any atom is -0.519 e. The fourth-order valence-electron chi connectivity index (χ4n) is 1.02. The summed E-state index contributed by atoms with van der Waals surface area (Å²) >= 11 is 0. The minimum atomic E-state index is -1.24. The second kappa shape index (κ2) is 4.60. The van der Waals surface area contributed by atoms with Gasteiger partial charge < -0.3 is 4.43 Å². The Kier molecular flexibility index (Phi) is 4.40. The van der Waals surface area contributed by atoms with Crippen molar-refractivity contribution in [1.29, 1.82) is 0 Å². The maximum Gasteiger partial charge on any atom is 0.319 e. The highest BCUT2D eigenvalue weighted by atomic mass is 28.3. The Labute approximate surface area is 82.7 Å². The van der Waals surface area contributed by atoms with Gasteiger partial charge in [0, 0.05) is 5.57 Å². The van der Waals surface area contributed by atoms with Crippen LogP contribution in [0.2, 0.25) is 13.1 Å². The van der Waals surface area contributed by atoms with Crippen molar-refractivity contribution in [2.45, 2.75) is 40.8 Å². The zero-order valence-corrected chi connectivity index (χ0v) is 10.6. The van der Waals surface area contributed by atoms with Crippen LogP contribution in [0.25, 0.3) is 0 Å². The molecule has 0 saturated heterocycles. The van der Waals surface area contributed by atoms with E-state index in [1.165, 1.54) is 0 Å². The molecule has 0 aromatic rings. The largest absolute Gasteiger partial charge is 0.519 e. The summed E-state index contributed by atoms with van der Waals surface area (Å²) in [6, 6.07) is 0. The number of carbonyl (C=O) groups is 1. The van der Waals surface area contributed by atoms with E-state index in [0.29, 0.717) is 5.57 Å². The minimum absolute atomic E-state index is 0.0433. The summed E-state index contributed by atoms with van der Waals surface area (Å²) in [5, 5.41) is 0. The van der Waals surface area contributed by atoms with E-state index in [4.69, 9.17) is 4.43 Å². The smallest absolute Gasteiger partial charge is 0.319 e. The maximum absolute atomic E-state index is 11.4. The van der Waals surface area contributed by atoms with Gasteiger partial charge in [0.1, 0.15) is 0 Å². The van der Waals surface area contributed by atoms with Gasteiger partial charge in [-0.05, 0) is 25.4 Å². The molecule has 0 saturated carbocycles. The molecule has 0 aliphatic carbocycles. The average molecular weight is 200 g/mol. The second-order valence-corrected chi connectivity index (χ2v) is 6.98. The molecular formula is C10H20O2Si. The van der Waals surface area contributed by atoms with E-state index in [-0.39, 0.29) is 11.4 Å². The van der Waals surface area contributed by atoms with Gasteiger partial charge in [-0.2, -0.15) is 0 Å². The molecule has 0 aliphatic rings.